The van der Waals surface area contributed by atoms with Crippen molar-refractivity contribution in [1.82, 2.24) is 5.32 Å². The molecule has 0 aromatic heterocycles. The van der Waals surface area contributed by atoms with Gasteiger partial charge in [-0.3, -0.25) is 9.10 Å². The molecular formula is C26H28N2O6S. The van der Waals surface area contributed by atoms with Crippen LogP contribution >= 0.6 is 0 Å². The van der Waals surface area contributed by atoms with E-state index >= 15 is 0 Å². The van der Waals surface area contributed by atoms with Gasteiger partial charge in [-0.1, -0.05) is 35.9 Å². The molecule has 0 saturated carbocycles. The minimum Gasteiger partial charge on any atom is -0.491 e. The van der Waals surface area contributed by atoms with Crippen LogP contribution in [0.2, 0.25) is 0 Å². The summed E-state index contributed by atoms with van der Waals surface area (Å²) in [5.41, 5.74) is 1.43. The standard InChI is InChI=1S/C26H28N2O6S/c1-19-8-11-22(12-9-19)34-18-20(2)27-26(29)17-28(35(30,31)23-6-4-3-5-7-23)21-10-13-24-25(16-21)33-15-14-32-24/h3-13,16,20H,14-15,17-18H2,1-2H3,(H,27,29). The molecule has 0 aliphatic carbocycles. The fraction of sp³-hybridized carbons (Fsp3) is 0.269. The second kappa shape index (κ2) is 10.7. The maximum atomic E-state index is 13.5. The molecule has 1 N–H and O–H groups in total. The number of carbonyl (C=O) groups excluding carboxylic acids is 1. The average molecular weight is 497 g/mol. The SMILES string of the molecule is Cc1ccc(OCC(C)NC(=O)CN(c2ccc3c(c2)OCCO3)S(=O)(=O)c2ccccc2)cc1. The Labute approximate surface area is 205 Å². The van der Waals surface area contributed by atoms with Crippen LogP contribution < -0.4 is 23.8 Å². The summed E-state index contributed by atoms with van der Waals surface area (Å²) >= 11 is 0. The first-order valence-electron chi connectivity index (χ1n) is 11.3. The molecule has 1 atom stereocenters. The van der Waals surface area contributed by atoms with Crippen LogP contribution in [-0.4, -0.2) is 46.7 Å². The summed E-state index contributed by atoms with van der Waals surface area (Å²) in [6.07, 6.45) is 0. The van der Waals surface area contributed by atoms with Crippen molar-refractivity contribution >= 4 is 21.6 Å². The number of fused-ring (bicyclic) bond motifs is 1. The highest BCUT2D eigenvalue weighted by atomic mass is 32.2. The first-order chi connectivity index (χ1) is 16.8. The van der Waals surface area contributed by atoms with Gasteiger partial charge in [0, 0.05) is 6.07 Å². The van der Waals surface area contributed by atoms with Crippen LogP contribution in [0.5, 0.6) is 17.2 Å². The second-order valence-electron chi connectivity index (χ2n) is 8.25. The molecule has 0 fully saturated rings. The monoisotopic (exact) mass is 496 g/mol. The molecule has 9 heteroatoms. The molecule has 8 nitrogen and oxygen atoms in total. The van der Waals surface area contributed by atoms with Crippen molar-refractivity contribution in [2.75, 3.05) is 30.7 Å². The van der Waals surface area contributed by atoms with Crippen LogP contribution in [0.15, 0.2) is 77.7 Å². The van der Waals surface area contributed by atoms with Gasteiger partial charge in [0.05, 0.1) is 16.6 Å². The van der Waals surface area contributed by atoms with Gasteiger partial charge in [0.2, 0.25) is 5.91 Å². The number of nitrogens with one attached hydrogen (secondary N) is 1. The molecule has 1 amide bonds. The summed E-state index contributed by atoms with van der Waals surface area (Å²) in [5, 5.41) is 2.82. The number of amides is 1. The number of nitrogens with zero attached hydrogens (tertiary/aromatic N) is 1. The van der Waals surface area contributed by atoms with Crippen molar-refractivity contribution in [3.8, 4) is 17.2 Å². The van der Waals surface area contributed by atoms with Gasteiger partial charge in [0.1, 0.15) is 32.1 Å². The molecule has 0 bridgehead atoms. The Bertz CT molecular complexity index is 1260. The summed E-state index contributed by atoms with van der Waals surface area (Å²) in [7, 11) is -4.03. The number of aryl methyl sites for hydroxylation is 1. The summed E-state index contributed by atoms with van der Waals surface area (Å²) in [5.74, 6) is 1.20. The van der Waals surface area contributed by atoms with E-state index in [1.165, 1.54) is 12.1 Å². The molecule has 35 heavy (non-hydrogen) atoms. The van der Waals surface area contributed by atoms with E-state index in [-0.39, 0.29) is 17.5 Å². The van der Waals surface area contributed by atoms with Gasteiger partial charge >= 0.3 is 0 Å². The first-order valence-corrected chi connectivity index (χ1v) is 12.7. The molecular weight excluding hydrogens is 468 g/mol. The van der Waals surface area contributed by atoms with E-state index in [1.54, 1.807) is 43.3 Å². The van der Waals surface area contributed by atoms with Gasteiger partial charge < -0.3 is 19.5 Å². The normalized spacial score (nSPS) is 13.5. The summed E-state index contributed by atoms with van der Waals surface area (Å²) in [4.78, 5) is 13.0. The average Bonchev–Trinajstić information content (AvgIpc) is 2.87. The number of hydrogen-bond donors (Lipinski definition) is 1. The Morgan fingerprint density at radius 2 is 1.69 bits per heavy atom. The van der Waals surface area contributed by atoms with E-state index in [0.717, 1.165) is 9.87 Å². The maximum Gasteiger partial charge on any atom is 0.264 e. The third kappa shape index (κ3) is 6.05. The zero-order chi connectivity index (χ0) is 24.8. The Hall–Kier alpha value is -3.72. The number of carbonyl (C=O) groups is 1. The van der Waals surface area contributed by atoms with Crippen LogP contribution in [0.25, 0.3) is 0 Å². The second-order valence-corrected chi connectivity index (χ2v) is 10.1. The lowest BCUT2D eigenvalue weighted by Crippen LogP contribution is -2.45. The van der Waals surface area contributed by atoms with Crippen molar-refractivity contribution in [3.63, 3.8) is 0 Å². The van der Waals surface area contributed by atoms with Gasteiger partial charge in [-0.05, 0) is 50.2 Å². The van der Waals surface area contributed by atoms with Crippen LogP contribution in [0.1, 0.15) is 12.5 Å². The molecule has 1 aliphatic heterocycles. The lowest BCUT2D eigenvalue weighted by Gasteiger charge is -2.26. The van der Waals surface area contributed by atoms with Crippen LogP contribution in [0.3, 0.4) is 0 Å². The highest BCUT2D eigenvalue weighted by Gasteiger charge is 2.29. The van der Waals surface area contributed by atoms with Gasteiger partial charge in [-0.15, -0.1) is 0 Å². The van der Waals surface area contributed by atoms with Crippen LogP contribution in [0.4, 0.5) is 5.69 Å². The van der Waals surface area contributed by atoms with Crippen LogP contribution in [-0.2, 0) is 14.8 Å². The number of benzene rings is 3. The highest BCUT2D eigenvalue weighted by Crippen LogP contribution is 2.35. The summed E-state index contributed by atoms with van der Waals surface area (Å²) < 4.78 is 45.0. The minimum absolute atomic E-state index is 0.0819. The topological polar surface area (TPSA) is 94.2 Å². The number of hydrogen-bond acceptors (Lipinski definition) is 6. The molecule has 3 aromatic rings. The minimum atomic E-state index is -4.03. The Balaban J connectivity index is 1.51. The zero-order valence-electron chi connectivity index (χ0n) is 19.6. The third-order valence-corrected chi connectivity index (χ3v) is 7.15. The van der Waals surface area contributed by atoms with E-state index in [0.29, 0.717) is 36.1 Å². The third-order valence-electron chi connectivity index (χ3n) is 5.36. The molecule has 0 spiro atoms. The molecule has 0 saturated heterocycles. The van der Waals surface area contributed by atoms with Gasteiger partial charge in [0.15, 0.2) is 11.5 Å². The molecule has 4 rings (SSSR count). The zero-order valence-corrected chi connectivity index (χ0v) is 20.5. The summed E-state index contributed by atoms with van der Waals surface area (Å²) in [6.45, 7) is 4.40. The molecule has 1 unspecified atom stereocenters. The van der Waals surface area contributed by atoms with Gasteiger partial charge in [0.25, 0.3) is 10.0 Å². The predicted molar refractivity (Wildman–Crippen MR) is 133 cm³/mol. The van der Waals surface area contributed by atoms with Crippen LogP contribution in [0, 0.1) is 6.92 Å². The first kappa shape index (κ1) is 24.4. The quantitative estimate of drug-likeness (QED) is 0.487. The van der Waals surface area contributed by atoms with Crippen molar-refractivity contribution in [2.45, 2.75) is 24.8 Å². The fourth-order valence-electron chi connectivity index (χ4n) is 3.57. The smallest absolute Gasteiger partial charge is 0.264 e. The highest BCUT2D eigenvalue weighted by molar-refractivity contribution is 7.92. The van der Waals surface area contributed by atoms with Gasteiger partial charge in [-0.2, -0.15) is 0 Å². The van der Waals surface area contributed by atoms with Crippen molar-refractivity contribution in [3.05, 3.63) is 78.4 Å². The van der Waals surface area contributed by atoms with Crippen molar-refractivity contribution < 1.29 is 27.4 Å². The molecule has 184 valence electrons. The summed E-state index contributed by atoms with van der Waals surface area (Å²) in [6, 6.07) is 20.1. The van der Waals surface area contributed by atoms with E-state index in [1.807, 2.05) is 31.2 Å². The fourth-order valence-corrected chi connectivity index (χ4v) is 5.00. The van der Waals surface area contributed by atoms with Gasteiger partial charge in [-0.25, -0.2) is 8.42 Å². The van der Waals surface area contributed by atoms with E-state index in [2.05, 4.69) is 5.32 Å². The number of anilines is 1. The lowest BCUT2D eigenvalue weighted by molar-refractivity contribution is -0.120. The Morgan fingerprint density at radius 1 is 1.00 bits per heavy atom. The van der Waals surface area contributed by atoms with Crippen molar-refractivity contribution in [2.24, 2.45) is 0 Å². The van der Waals surface area contributed by atoms with Crippen molar-refractivity contribution in [1.29, 1.82) is 0 Å². The maximum absolute atomic E-state index is 13.5. The largest absolute Gasteiger partial charge is 0.491 e. The predicted octanol–water partition coefficient (Wildman–Crippen LogP) is 3.55. The molecule has 1 aliphatic rings. The van der Waals surface area contributed by atoms with E-state index in [9.17, 15) is 13.2 Å². The van der Waals surface area contributed by atoms with E-state index in [4.69, 9.17) is 14.2 Å². The molecule has 1 heterocycles. The Morgan fingerprint density at radius 3 is 2.40 bits per heavy atom. The number of rotatable bonds is 9. The number of sulfonamides is 1. The van der Waals surface area contributed by atoms with E-state index < -0.39 is 22.5 Å². The number of ether oxygens (including phenoxy) is 3. The Kier molecular flexibility index (Phi) is 7.45. The molecule has 3 aromatic carbocycles. The molecule has 0 radical (unpaired) electrons. The lowest BCUT2D eigenvalue weighted by atomic mass is 10.2.